The molecule has 1 atom stereocenters. The minimum Gasteiger partial charge on any atom is -0.378 e. The van der Waals surface area contributed by atoms with Gasteiger partial charge in [0.2, 0.25) is 5.91 Å². The molecule has 4 rings (SSSR count). The normalized spacial score (nSPS) is 16.2. The van der Waals surface area contributed by atoms with E-state index in [2.05, 4.69) is 59.3 Å². The number of amides is 1. The molecule has 1 saturated heterocycles. The van der Waals surface area contributed by atoms with Gasteiger partial charge in [-0.1, -0.05) is 18.2 Å². The van der Waals surface area contributed by atoms with Gasteiger partial charge in [-0.2, -0.15) is 0 Å². The summed E-state index contributed by atoms with van der Waals surface area (Å²) in [6.45, 7) is 7.63. The van der Waals surface area contributed by atoms with E-state index in [0.717, 1.165) is 12.2 Å². The van der Waals surface area contributed by atoms with Crippen molar-refractivity contribution in [2.75, 3.05) is 31.6 Å². The number of morpholine rings is 1. The van der Waals surface area contributed by atoms with Gasteiger partial charge in [0.05, 0.1) is 13.2 Å². The maximum absolute atomic E-state index is 12.6. The van der Waals surface area contributed by atoms with E-state index in [1.807, 2.05) is 11.8 Å². The topological polar surface area (TPSA) is 46.5 Å². The maximum atomic E-state index is 12.6. The van der Waals surface area contributed by atoms with Crippen LogP contribution in [0.3, 0.4) is 0 Å². The Hall–Kier alpha value is -2.53. The van der Waals surface area contributed by atoms with Gasteiger partial charge in [0.1, 0.15) is 6.04 Å². The highest BCUT2D eigenvalue weighted by atomic mass is 16.5. The van der Waals surface area contributed by atoms with Crippen molar-refractivity contribution in [3.63, 3.8) is 0 Å². The van der Waals surface area contributed by atoms with Crippen LogP contribution in [0.25, 0.3) is 21.8 Å². The molecule has 5 nitrogen and oxygen atoms in total. The molecule has 1 aliphatic rings. The number of carbonyl (C=O) groups is 1. The van der Waals surface area contributed by atoms with Crippen molar-refractivity contribution < 1.29 is 9.53 Å². The summed E-state index contributed by atoms with van der Waals surface area (Å²) in [5.74, 6) is 0.129. The molecular formula is C21H25N3O2. The van der Waals surface area contributed by atoms with Crippen molar-refractivity contribution >= 4 is 33.4 Å². The summed E-state index contributed by atoms with van der Waals surface area (Å²) in [6.07, 6.45) is 0. The van der Waals surface area contributed by atoms with Crippen LogP contribution in [0.15, 0.2) is 42.5 Å². The van der Waals surface area contributed by atoms with E-state index in [1.165, 1.54) is 21.8 Å². The molecule has 1 unspecified atom stereocenters. The first-order chi connectivity index (χ1) is 12.7. The highest BCUT2D eigenvalue weighted by Crippen LogP contribution is 2.31. The number of aryl methyl sites for hydroxylation is 1. The third kappa shape index (κ3) is 2.92. The first-order valence-corrected chi connectivity index (χ1v) is 9.33. The summed E-state index contributed by atoms with van der Waals surface area (Å²) in [7, 11) is 0. The Morgan fingerprint density at radius 1 is 1.12 bits per heavy atom. The third-order valence-corrected chi connectivity index (χ3v) is 5.16. The second-order valence-corrected chi connectivity index (χ2v) is 6.80. The minimum atomic E-state index is -0.259. The van der Waals surface area contributed by atoms with Crippen molar-refractivity contribution in [1.29, 1.82) is 0 Å². The second-order valence-electron chi connectivity index (χ2n) is 6.80. The first-order valence-electron chi connectivity index (χ1n) is 9.33. The van der Waals surface area contributed by atoms with Crippen LogP contribution in [0.1, 0.15) is 13.8 Å². The number of nitrogens with one attached hydrogen (secondary N) is 1. The Morgan fingerprint density at radius 2 is 1.85 bits per heavy atom. The Balaban J connectivity index is 1.63. The number of fused-ring (bicyclic) bond motifs is 3. The van der Waals surface area contributed by atoms with E-state index in [9.17, 15) is 4.79 Å². The number of ether oxygens (including phenoxy) is 1. The zero-order valence-electron chi connectivity index (χ0n) is 15.4. The van der Waals surface area contributed by atoms with Crippen LogP contribution >= 0.6 is 0 Å². The van der Waals surface area contributed by atoms with Crippen LogP contribution in [-0.4, -0.2) is 47.7 Å². The van der Waals surface area contributed by atoms with E-state index >= 15 is 0 Å². The summed E-state index contributed by atoms with van der Waals surface area (Å²) in [5.41, 5.74) is 3.46. The molecule has 26 heavy (non-hydrogen) atoms. The molecule has 0 bridgehead atoms. The van der Waals surface area contributed by atoms with Gasteiger partial charge in [0, 0.05) is 47.1 Å². The lowest BCUT2D eigenvalue weighted by molar-refractivity contribution is -0.135. The lowest BCUT2D eigenvalue weighted by Gasteiger charge is -2.29. The van der Waals surface area contributed by atoms with Gasteiger partial charge in [-0.3, -0.25) is 4.79 Å². The first kappa shape index (κ1) is 16.9. The smallest absolute Gasteiger partial charge is 0.244 e. The monoisotopic (exact) mass is 351 g/mol. The van der Waals surface area contributed by atoms with Crippen LogP contribution in [0.2, 0.25) is 0 Å². The highest BCUT2D eigenvalue weighted by Gasteiger charge is 2.22. The molecule has 1 aromatic heterocycles. The molecule has 1 amide bonds. The summed E-state index contributed by atoms with van der Waals surface area (Å²) in [5, 5.41) is 5.85. The summed E-state index contributed by atoms with van der Waals surface area (Å²) >= 11 is 0. The van der Waals surface area contributed by atoms with E-state index in [4.69, 9.17) is 4.74 Å². The van der Waals surface area contributed by atoms with Crippen LogP contribution in [0, 0.1) is 0 Å². The number of benzene rings is 2. The minimum absolute atomic E-state index is 0.129. The fourth-order valence-corrected chi connectivity index (χ4v) is 3.85. The molecule has 3 aromatic rings. The van der Waals surface area contributed by atoms with Crippen molar-refractivity contribution in [1.82, 2.24) is 9.47 Å². The molecular weight excluding hydrogens is 326 g/mol. The number of carbonyl (C=O) groups excluding carboxylic acids is 1. The molecule has 0 aliphatic carbocycles. The Labute approximate surface area is 153 Å². The number of aromatic nitrogens is 1. The third-order valence-electron chi connectivity index (χ3n) is 5.16. The molecule has 0 radical (unpaired) electrons. The van der Waals surface area contributed by atoms with E-state index in [-0.39, 0.29) is 11.9 Å². The molecule has 1 aliphatic heterocycles. The quantitative estimate of drug-likeness (QED) is 0.783. The fraction of sp³-hybridized carbons (Fsp3) is 0.381. The van der Waals surface area contributed by atoms with E-state index in [1.54, 1.807) is 0 Å². The predicted molar refractivity (Wildman–Crippen MR) is 106 cm³/mol. The molecule has 0 spiro atoms. The SMILES string of the molecule is CCn1c2ccccc2c2cc(NC(C)C(=O)N3CCOCC3)ccc21. The standard InChI is InChI=1S/C21H25N3O2/c1-3-24-19-7-5-4-6-17(19)18-14-16(8-9-20(18)24)22-15(2)21(25)23-10-12-26-13-11-23/h4-9,14-15,22H,3,10-13H2,1-2H3. The molecule has 5 heteroatoms. The predicted octanol–water partition coefficient (Wildman–Crippen LogP) is 3.47. The lowest BCUT2D eigenvalue weighted by Crippen LogP contribution is -2.46. The second kappa shape index (κ2) is 7.00. The van der Waals surface area contributed by atoms with Gasteiger partial charge in [-0.05, 0) is 38.1 Å². The number of anilines is 1. The van der Waals surface area contributed by atoms with Crippen molar-refractivity contribution in [2.24, 2.45) is 0 Å². The highest BCUT2D eigenvalue weighted by molar-refractivity contribution is 6.09. The van der Waals surface area contributed by atoms with E-state index in [0.29, 0.717) is 26.3 Å². The van der Waals surface area contributed by atoms with Gasteiger partial charge in [-0.25, -0.2) is 0 Å². The molecule has 2 heterocycles. The van der Waals surface area contributed by atoms with Crippen molar-refractivity contribution in [3.05, 3.63) is 42.5 Å². The average molecular weight is 351 g/mol. The van der Waals surface area contributed by atoms with Crippen LogP contribution < -0.4 is 5.32 Å². The van der Waals surface area contributed by atoms with E-state index < -0.39 is 0 Å². The number of para-hydroxylation sites is 1. The number of hydrogen-bond donors (Lipinski definition) is 1. The summed E-state index contributed by atoms with van der Waals surface area (Å²) < 4.78 is 7.66. The van der Waals surface area contributed by atoms with Gasteiger partial charge in [0.15, 0.2) is 0 Å². The largest absolute Gasteiger partial charge is 0.378 e. The molecule has 2 aromatic carbocycles. The van der Waals surface area contributed by atoms with Crippen LogP contribution in [0.5, 0.6) is 0 Å². The summed E-state index contributed by atoms with van der Waals surface area (Å²) in [4.78, 5) is 14.5. The van der Waals surface area contributed by atoms with Gasteiger partial charge >= 0.3 is 0 Å². The average Bonchev–Trinajstić information content (AvgIpc) is 3.01. The Kier molecular flexibility index (Phi) is 4.55. The zero-order chi connectivity index (χ0) is 18.1. The number of rotatable bonds is 4. The molecule has 1 fully saturated rings. The zero-order valence-corrected chi connectivity index (χ0v) is 15.4. The lowest BCUT2D eigenvalue weighted by atomic mass is 10.1. The van der Waals surface area contributed by atoms with Crippen LogP contribution in [-0.2, 0) is 16.1 Å². The maximum Gasteiger partial charge on any atom is 0.244 e. The molecule has 136 valence electrons. The van der Waals surface area contributed by atoms with Crippen molar-refractivity contribution in [2.45, 2.75) is 26.4 Å². The van der Waals surface area contributed by atoms with Gasteiger partial charge in [-0.15, -0.1) is 0 Å². The molecule has 1 N–H and O–H groups in total. The van der Waals surface area contributed by atoms with Crippen LogP contribution in [0.4, 0.5) is 5.69 Å². The summed E-state index contributed by atoms with van der Waals surface area (Å²) in [6, 6.07) is 14.6. The van der Waals surface area contributed by atoms with Gasteiger partial charge in [0.25, 0.3) is 0 Å². The number of hydrogen-bond acceptors (Lipinski definition) is 3. The Morgan fingerprint density at radius 3 is 2.62 bits per heavy atom. The molecule has 0 saturated carbocycles. The fourth-order valence-electron chi connectivity index (χ4n) is 3.85. The van der Waals surface area contributed by atoms with Gasteiger partial charge < -0.3 is 19.5 Å². The van der Waals surface area contributed by atoms with Crippen molar-refractivity contribution in [3.8, 4) is 0 Å². The number of nitrogens with zero attached hydrogens (tertiary/aromatic N) is 2. The Bertz CT molecular complexity index is 941.